The zero-order chi connectivity index (χ0) is 12.3. The molecule has 88 valence electrons. The zero-order valence-corrected chi connectivity index (χ0v) is 10.2. The minimum absolute atomic E-state index is 0.145. The number of pyridine rings is 2. The molecular weight excluding hydrogens is 239 g/mol. The number of rotatable bonds is 3. The predicted octanol–water partition coefficient (Wildman–Crippen LogP) is 3.89. The number of halogens is 2. The van der Waals surface area contributed by atoms with Crippen molar-refractivity contribution in [2.75, 3.05) is 0 Å². The minimum atomic E-state index is -0.580. The second kappa shape index (κ2) is 5.23. The quantitative estimate of drug-likeness (QED) is 0.773. The van der Waals surface area contributed by atoms with Crippen LogP contribution in [-0.4, -0.2) is 9.97 Å². The molecule has 0 saturated heterocycles. The fourth-order valence-corrected chi connectivity index (χ4v) is 1.91. The first-order chi connectivity index (χ1) is 8.20. The summed E-state index contributed by atoms with van der Waals surface area (Å²) in [6.07, 6.45) is 3.79. The second-order valence-electron chi connectivity index (χ2n) is 3.77. The summed E-state index contributed by atoms with van der Waals surface area (Å²) in [7, 11) is 0. The Labute approximate surface area is 104 Å². The minimum Gasteiger partial charge on any atom is -0.256 e. The third-order valence-corrected chi connectivity index (χ3v) is 2.74. The fourth-order valence-electron chi connectivity index (χ4n) is 1.67. The summed E-state index contributed by atoms with van der Waals surface area (Å²) in [5.41, 5.74) is 2.58. The van der Waals surface area contributed by atoms with Gasteiger partial charge in [-0.25, -0.2) is 4.98 Å². The molecule has 0 saturated carbocycles. The maximum atomic E-state index is 12.8. The summed E-state index contributed by atoms with van der Waals surface area (Å²) < 4.78 is 12.8. The number of aromatic nitrogens is 2. The number of nitrogens with zero attached hydrogens (tertiary/aromatic N) is 2. The first-order valence-corrected chi connectivity index (χ1v) is 5.86. The van der Waals surface area contributed by atoms with Crippen LogP contribution in [0.25, 0.3) is 11.3 Å². The molecule has 17 heavy (non-hydrogen) atoms. The van der Waals surface area contributed by atoms with Crippen molar-refractivity contribution in [3.05, 3.63) is 47.1 Å². The fraction of sp³-hybridized carbons (Fsp3) is 0.231. The van der Waals surface area contributed by atoms with Gasteiger partial charge in [0, 0.05) is 11.8 Å². The molecule has 0 amide bonds. The predicted molar refractivity (Wildman–Crippen MR) is 66.4 cm³/mol. The van der Waals surface area contributed by atoms with Gasteiger partial charge in [-0.3, -0.25) is 4.98 Å². The van der Waals surface area contributed by atoms with Crippen LogP contribution in [0.2, 0.25) is 5.15 Å². The zero-order valence-electron chi connectivity index (χ0n) is 9.45. The van der Waals surface area contributed by atoms with Crippen molar-refractivity contribution in [2.45, 2.75) is 19.8 Å². The van der Waals surface area contributed by atoms with Crippen LogP contribution in [-0.2, 0) is 6.42 Å². The molecule has 0 aliphatic carbocycles. The Morgan fingerprint density at radius 3 is 2.82 bits per heavy atom. The van der Waals surface area contributed by atoms with Gasteiger partial charge >= 0.3 is 0 Å². The van der Waals surface area contributed by atoms with E-state index in [4.69, 9.17) is 11.6 Å². The van der Waals surface area contributed by atoms with E-state index in [0.717, 1.165) is 18.5 Å². The van der Waals surface area contributed by atoms with E-state index in [1.54, 1.807) is 12.3 Å². The molecule has 0 radical (unpaired) electrons. The molecule has 4 heteroatoms. The summed E-state index contributed by atoms with van der Waals surface area (Å²) >= 11 is 5.90. The van der Waals surface area contributed by atoms with Crippen LogP contribution in [0.4, 0.5) is 4.39 Å². The average Bonchev–Trinajstić information content (AvgIpc) is 2.29. The molecule has 0 aromatic carbocycles. The summed E-state index contributed by atoms with van der Waals surface area (Å²) in [6, 6.07) is 6.82. The molecule has 2 rings (SSSR count). The molecule has 0 aliphatic rings. The van der Waals surface area contributed by atoms with E-state index in [0.29, 0.717) is 5.56 Å². The van der Waals surface area contributed by atoms with Crippen LogP contribution in [0.3, 0.4) is 0 Å². The van der Waals surface area contributed by atoms with Crippen LogP contribution in [0.1, 0.15) is 18.9 Å². The molecule has 2 aromatic rings. The highest BCUT2D eigenvalue weighted by atomic mass is 35.5. The smallest absolute Gasteiger partial charge is 0.214 e. The van der Waals surface area contributed by atoms with Gasteiger partial charge in [-0.05, 0) is 36.2 Å². The molecule has 0 bridgehead atoms. The third-order valence-electron chi connectivity index (χ3n) is 2.45. The molecule has 2 aromatic heterocycles. The largest absolute Gasteiger partial charge is 0.256 e. The van der Waals surface area contributed by atoms with Gasteiger partial charge in [-0.15, -0.1) is 0 Å². The SMILES string of the molecule is CCCc1ccnc(-c2ccc(F)nc2Cl)c1. The van der Waals surface area contributed by atoms with E-state index in [1.165, 1.54) is 11.6 Å². The van der Waals surface area contributed by atoms with Gasteiger partial charge in [-0.2, -0.15) is 4.39 Å². The molecule has 2 nitrogen and oxygen atoms in total. The highest BCUT2D eigenvalue weighted by molar-refractivity contribution is 6.32. The molecular formula is C13H12ClFN2. The molecule has 2 heterocycles. The Morgan fingerprint density at radius 1 is 1.29 bits per heavy atom. The first kappa shape index (κ1) is 12.0. The Bertz CT molecular complexity index is 529. The maximum absolute atomic E-state index is 12.8. The van der Waals surface area contributed by atoms with Crippen molar-refractivity contribution < 1.29 is 4.39 Å². The second-order valence-corrected chi connectivity index (χ2v) is 4.13. The Balaban J connectivity index is 2.42. The lowest BCUT2D eigenvalue weighted by atomic mass is 10.1. The summed E-state index contributed by atoms with van der Waals surface area (Å²) in [6.45, 7) is 2.12. The van der Waals surface area contributed by atoms with Gasteiger partial charge < -0.3 is 0 Å². The van der Waals surface area contributed by atoms with Crippen molar-refractivity contribution in [3.63, 3.8) is 0 Å². The molecule has 0 N–H and O–H groups in total. The van der Waals surface area contributed by atoms with E-state index in [9.17, 15) is 4.39 Å². The van der Waals surface area contributed by atoms with E-state index < -0.39 is 5.95 Å². The van der Waals surface area contributed by atoms with Crippen molar-refractivity contribution in [1.29, 1.82) is 0 Å². The topological polar surface area (TPSA) is 25.8 Å². The van der Waals surface area contributed by atoms with Gasteiger partial charge in [0.1, 0.15) is 5.15 Å². The third kappa shape index (κ3) is 2.80. The van der Waals surface area contributed by atoms with E-state index in [-0.39, 0.29) is 5.15 Å². The number of hydrogen-bond donors (Lipinski definition) is 0. The monoisotopic (exact) mass is 250 g/mol. The van der Waals surface area contributed by atoms with Crippen LogP contribution in [0, 0.1) is 5.95 Å². The Kier molecular flexibility index (Phi) is 3.69. The summed E-state index contributed by atoms with van der Waals surface area (Å²) in [5, 5.41) is 0.145. The summed E-state index contributed by atoms with van der Waals surface area (Å²) in [4.78, 5) is 7.82. The number of aryl methyl sites for hydroxylation is 1. The van der Waals surface area contributed by atoms with Gasteiger partial charge in [0.15, 0.2) is 0 Å². The summed E-state index contributed by atoms with van der Waals surface area (Å²) in [5.74, 6) is -0.580. The molecule has 0 atom stereocenters. The standard InChI is InChI=1S/C13H12ClFN2/c1-2-3-9-6-7-16-11(8-9)10-4-5-12(15)17-13(10)14/h4-8H,2-3H2,1H3. The van der Waals surface area contributed by atoms with E-state index in [1.807, 2.05) is 12.1 Å². The lowest BCUT2D eigenvalue weighted by Gasteiger charge is -2.05. The molecule has 0 unspecified atom stereocenters. The maximum Gasteiger partial charge on any atom is 0.214 e. The lowest BCUT2D eigenvalue weighted by Crippen LogP contribution is -1.91. The van der Waals surface area contributed by atoms with Gasteiger partial charge in [0.2, 0.25) is 5.95 Å². The first-order valence-electron chi connectivity index (χ1n) is 5.48. The van der Waals surface area contributed by atoms with Gasteiger partial charge in [0.05, 0.1) is 5.69 Å². The van der Waals surface area contributed by atoms with Crippen molar-refractivity contribution in [1.82, 2.24) is 9.97 Å². The molecule has 0 spiro atoms. The van der Waals surface area contributed by atoms with Crippen LogP contribution >= 0.6 is 11.6 Å². The lowest BCUT2D eigenvalue weighted by molar-refractivity contribution is 0.584. The highest BCUT2D eigenvalue weighted by Crippen LogP contribution is 2.25. The Morgan fingerprint density at radius 2 is 2.12 bits per heavy atom. The highest BCUT2D eigenvalue weighted by Gasteiger charge is 2.07. The van der Waals surface area contributed by atoms with E-state index >= 15 is 0 Å². The van der Waals surface area contributed by atoms with Crippen LogP contribution in [0.15, 0.2) is 30.5 Å². The molecule has 0 aliphatic heterocycles. The van der Waals surface area contributed by atoms with Crippen LogP contribution < -0.4 is 0 Å². The van der Waals surface area contributed by atoms with Crippen LogP contribution in [0.5, 0.6) is 0 Å². The Hall–Kier alpha value is -1.48. The molecule has 0 fully saturated rings. The van der Waals surface area contributed by atoms with Crippen molar-refractivity contribution >= 4 is 11.6 Å². The van der Waals surface area contributed by atoms with Gasteiger partial charge in [0.25, 0.3) is 0 Å². The van der Waals surface area contributed by atoms with Crippen molar-refractivity contribution in [3.8, 4) is 11.3 Å². The number of hydrogen-bond acceptors (Lipinski definition) is 2. The average molecular weight is 251 g/mol. The normalized spacial score (nSPS) is 10.5. The van der Waals surface area contributed by atoms with E-state index in [2.05, 4.69) is 16.9 Å². The van der Waals surface area contributed by atoms with Crippen molar-refractivity contribution in [2.24, 2.45) is 0 Å². The van der Waals surface area contributed by atoms with Gasteiger partial charge in [-0.1, -0.05) is 24.9 Å².